The summed E-state index contributed by atoms with van der Waals surface area (Å²) < 4.78 is 0. The Morgan fingerprint density at radius 1 is 1.12 bits per heavy atom. The first-order valence-corrected chi connectivity index (χ1v) is 7.12. The van der Waals surface area contributed by atoms with Gasteiger partial charge in [-0.15, -0.1) is 11.8 Å². The van der Waals surface area contributed by atoms with Gasteiger partial charge in [-0.1, -0.05) is 42.8 Å². The molecule has 1 atom stereocenters. The van der Waals surface area contributed by atoms with Crippen LogP contribution in [0, 0.1) is 0 Å². The molecule has 0 N–H and O–H groups in total. The summed E-state index contributed by atoms with van der Waals surface area (Å²) in [5.74, 6) is 1.48. The molecule has 0 saturated heterocycles. The molecule has 0 saturated carbocycles. The first-order valence-electron chi connectivity index (χ1n) is 5.76. The molecule has 0 aliphatic carbocycles. The minimum Gasteiger partial charge on any atom is -0.121 e. The van der Waals surface area contributed by atoms with E-state index in [1.807, 2.05) is 17.8 Å². The summed E-state index contributed by atoms with van der Waals surface area (Å²) in [4.78, 5) is 1.36. The number of hydrogen-bond acceptors (Lipinski definition) is 1. The van der Waals surface area contributed by atoms with Crippen molar-refractivity contribution in [1.82, 2.24) is 0 Å². The van der Waals surface area contributed by atoms with E-state index in [1.165, 1.54) is 21.6 Å². The Morgan fingerprint density at radius 3 is 2.82 bits per heavy atom. The molecule has 2 heteroatoms. The number of thioether (sulfide) groups is 1. The lowest BCUT2D eigenvalue weighted by molar-refractivity contribution is 0.890. The summed E-state index contributed by atoms with van der Waals surface area (Å²) in [7, 11) is 0. The van der Waals surface area contributed by atoms with Gasteiger partial charge in [0.05, 0.1) is 0 Å². The molecule has 2 aromatic rings. The van der Waals surface area contributed by atoms with Gasteiger partial charge in [0.1, 0.15) is 0 Å². The van der Waals surface area contributed by atoms with Crippen LogP contribution in [0.25, 0.3) is 0 Å². The van der Waals surface area contributed by atoms with Crippen molar-refractivity contribution in [3.05, 3.63) is 64.2 Å². The maximum atomic E-state index is 6.11. The third-order valence-electron chi connectivity index (χ3n) is 3.34. The van der Waals surface area contributed by atoms with Crippen molar-refractivity contribution in [3.8, 4) is 0 Å². The molecule has 1 aliphatic heterocycles. The molecule has 0 spiro atoms. The van der Waals surface area contributed by atoms with Gasteiger partial charge >= 0.3 is 0 Å². The molecule has 86 valence electrons. The van der Waals surface area contributed by atoms with Crippen molar-refractivity contribution in [1.29, 1.82) is 0 Å². The minimum atomic E-state index is 0.426. The van der Waals surface area contributed by atoms with Crippen LogP contribution in [0.2, 0.25) is 5.02 Å². The van der Waals surface area contributed by atoms with Gasteiger partial charge in [-0.2, -0.15) is 0 Å². The van der Waals surface area contributed by atoms with Gasteiger partial charge in [0.25, 0.3) is 0 Å². The van der Waals surface area contributed by atoms with Gasteiger partial charge in [-0.05, 0) is 34.9 Å². The lowest BCUT2D eigenvalue weighted by Crippen LogP contribution is -1.98. The van der Waals surface area contributed by atoms with Crippen LogP contribution in [-0.4, -0.2) is 0 Å². The highest BCUT2D eigenvalue weighted by molar-refractivity contribution is 7.98. The number of halogens is 1. The molecule has 3 rings (SSSR count). The second-order valence-electron chi connectivity index (χ2n) is 4.39. The topological polar surface area (TPSA) is 0 Å². The Labute approximate surface area is 111 Å². The predicted octanol–water partition coefficient (Wildman–Crippen LogP) is 5.10. The second-order valence-corrected chi connectivity index (χ2v) is 5.84. The molecule has 0 aromatic heterocycles. The lowest BCUT2D eigenvalue weighted by Gasteiger charge is -2.14. The van der Waals surface area contributed by atoms with Crippen LogP contribution >= 0.6 is 23.4 Å². The van der Waals surface area contributed by atoms with Gasteiger partial charge in [-0.25, -0.2) is 0 Å². The molecular formula is C15H13ClS. The van der Waals surface area contributed by atoms with E-state index < -0.39 is 0 Å². The largest absolute Gasteiger partial charge is 0.121 e. The van der Waals surface area contributed by atoms with E-state index in [0.717, 1.165) is 10.8 Å². The lowest BCUT2D eigenvalue weighted by atomic mass is 9.90. The summed E-state index contributed by atoms with van der Waals surface area (Å²) in [6.45, 7) is 2.26. The molecule has 1 heterocycles. The third kappa shape index (κ3) is 1.98. The zero-order valence-electron chi connectivity index (χ0n) is 9.61. The van der Waals surface area contributed by atoms with Gasteiger partial charge in [0.2, 0.25) is 0 Å². The molecule has 0 radical (unpaired) electrons. The SMILES string of the molecule is CC1c2ccccc2CSc2ccc(Cl)cc21. The van der Waals surface area contributed by atoms with E-state index in [0.29, 0.717) is 5.92 Å². The number of hydrogen-bond donors (Lipinski definition) is 0. The smallest absolute Gasteiger partial charge is 0.0409 e. The fourth-order valence-electron chi connectivity index (χ4n) is 2.40. The summed E-state index contributed by atoms with van der Waals surface area (Å²) >= 11 is 8.02. The van der Waals surface area contributed by atoms with Gasteiger partial charge in [0.15, 0.2) is 0 Å². The van der Waals surface area contributed by atoms with Crippen LogP contribution in [0.1, 0.15) is 29.5 Å². The van der Waals surface area contributed by atoms with Crippen LogP contribution in [0.15, 0.2) is 47.4 Å². The van der Waals surface area contributed by atoms with E-state index in [-0.39, 0.29) is 0 Å². The second kappa shape index (κ2) is 4.40. The Morgan fingerprint density at radius 2 is 1.94 bits per heavy atom. The van der Waals surface area contributed by atoms with E-state index in [4.69, 9.17) is 11.6 Å². The maximum absolute atomic E-state index is 6.11. The van der Waals surface area contributed by atoms with Crippen molar-refractivity contribution >= 4 is 23.4 Å². The summed E-state index contributed by atoms with van der Waals surface area (Å²) in [5, 5.41) is 0.829. The monoisotopic (exact) mass is 260 g/mol. The average Bonchev–Trinajstić information content (AvgIpc) is 2.49. The maximum Gasteiger partial charge on any atom is 0.0409 e. The standard InChI is InChI=1S/C15H13ClS/c1-10-13-5-3-2-4-11(13)9-17-15-7-6-12(16)8-14(10)15/h2-8,10H,9H2,1H3. The van der Waals surface area contributed by atoms with Crippen LogP contribution in [0.4, 0.5) is 0 Å². The molecule has 2 aromatic carbocycles. The molecule has 1 unspecified atom stereocenters. The highest BCUT2D eigenvalue weighted by Gasteiger charge is 2.20. The van der Waals surface area contributed by atoms with Crippen molar-refractivity contribution in [2.45, 2.75) is 23.5 Å². The van der Waals surface area contributed by atoms with Gasteiger partial charge in [-0.3, -0.25) is 0 Å². The molecule has 0 fully saturated rings. The number of benzene rings is 2. The van der Waals surface area contributed by atoms with Crippen molar-refractivity contribution in [2.75, 3.05) is 0 Å². The molecule has 17 heavy (non-hydrogen) atoms. The van der Waals surface area contributed by atoms with E-state index in [2.05, 4.69) is 43.3 Å². The van der Waals surface area contributed by atoms with Crippen LogP contribution < -0.4 is 0 Å². The fraction of sp³-hybridized carbons (Fsp3) is 0.200. The Bertz CT molecular complexity index is 563. The van der Waals surface area contributed by atoms with E-state index in [1.54, 1.807) is 0 Å². The van der Waals surface area contributed by atoms with Crippen LogP contribution in [0.3, 0.4) is 0 Å². The summed E-state index contributed by atoms with van der Waals surface area (Å²) in [5.41, 5.74) is 4.23. The quantitative estimate of drug-likeness (QED) is 0.635. The Kier molecular flexibility index (Phi) is 2.89. The molecule has 0 bridgehead atoms. The Hall–Kier alpha value is -0.920. The van der Waals surface area contributed by atoms with Crippen LogP contribution in [-0.2, 0) is 5.75 Å². The number of fused-ring (bicyclic) bond motifs is 2. The average molecular weight is 261 g/mol. The predicted molar refractivity (Wildman–Crippen MR) is 75.0 cm³/mol. The highest BCUT2D eigenvalue weighted by atomic mass is 35.5. The van der Waals surface area contributed by atoms with Crippen molar-refractivity contribution in [2.24, 2.45) is 0 Å². The van der Waals surface area contributed by atoms with Crippen LogP contribution in [0.5, 0.6) is 0 Å². The summed E-state index contributed by atoms with van der Waals surface area (Å²) in [6.07, 6.45) is 0. The zero-order chi connectivity index (χ0) is 11.8. The third-order valence-corrected chi connectivity index (χ3v) is 4.72. The first kappa shape index (κ1) is 11.2. The fourth-order valence-corrected chi connectivity index (χ4v) is 3.72. The first-order chi connectivity index (χ1) is 8.25. The van der Waals surface area contributed by atoms with Gasteiger partial charge in [0, 0.05) is 21.6 Å². The molecule has 1 aliphatic rings. The van der Waals surface area contributed by atoms with E-state index >= 15 is 0 Å². The normalized spacial score (nSPS) is 18.1. The minimum absolute atomic E-state index is 0.426. The summed E-state index contributed by atoms with van der Waals surface area (Å²) in [6, 6.07) is 14.9. The van der Waals surface area contributed by atoms with Gasteiger partial charge < -0.3 is 0 Å². The van der Waals surface area contributed by atoms with E-state index in [9.17, 15) is 0 Å². The highest BCUT2D eigenvalue weighted by Crippen LogP contribution is 2.41. The molecule has 0 nitrogen and oxygen atoms in total. The van der Waals surface area contributed by atoms with Crippen molar-refractivity contribution < 1.29 is 0 Å². The zero-order valence-corrected chi connectivity index (χ0v) is 11.2. The molecular weight excluding hydrogens is 248 g/mol. The van der Waals surface area contributed by atoms with Crippen molar-refractivity contribution in [3.63, 3.8) is 0 Å². The molecule has 0 amide bonds. The number of rotatable bonds is 0. The Balaban J connectivity index is 2.18.